The van der Waals surface area contributed by atoms with Crippen molar-refractivity contribution in [3.05, 3.63) is 34.3 Å². The zero-order valence-electron chi connectivity index (χ0n) is 15.7. The molecule has 0 saturated carbocycles. The molecule has 0 aromatic heterocycles. The Bertz CT molecular complexity index is 452. The molecule has 1 aromatic carbocycles. The Morgan fingerprint density at radius 1 is 0.515 bits per heavy atom. The van der Waals surface area contributed by atoms with Crippen molar-refractivity contribution in [3.63, 3.8) is 0 Å². The predicted molar refractivity (Wildman–Crippen MR) is 167 cm³/mol. The molecule has 0 heterocycles. The quantitative estimate of drug-likeness (QED) is 0.247. The summed E-state index contributed by atoms with van der Waals surface area (Å²) < 4.78 is -4.53. The molecule has 0 unspecified atom stereocenters. The summed E-state index contributed by atoms with van der Waals surface area (Å²) in [6.07, 6.45) is 0. The van der Waals surface area contributed by atoms with E-state index in [0.29, 0.717) is 10.0 Å². The molecule has 33 heavy (non-hydrogen) atoms. The largest absolute Gasteiger partial charge is 0.266 e. The highest BCUT2D eigenvalue weighted by molar-refractivity contribution is 6.83. The summed E-state index contributed by atoms with van der Waals surface area (Å²) >= 11 is 95.7. The van der Waals surface area contributed by atoms with Gasteiger partial charge < -0.3 is 0 Å². The van der Waals surface area contributed by atoms with E-state index in [1.165, 1.54) is 13.8 Å². The van der Waals surface area contributed by atoms with Crippen LogP contribution in [-0.4, -0.2) is 24.8 Å². The first-order chi connectivity index (χ1) is 14.2. The smallest absolute Gasteiger partial charge is 0.102 e. The molecule has 0 nitrogen and oxygen atoms in total. The Balaban J connectivity index is -0.0000000968. The van der Waals surface area contributed by atoms with Gasteiger partial charge in [-0.15, -0.1) is 46.4 Å². The Hall–Kier alpha value is 4.73. The lowest BCUT2D eigenvalue weighted by molar-refractivity contribution is 1.27. The first kappa shape index (κ1) is 47.5. The van der Waals surface area contributed by atoms with E-state index in [1.54, 1.807) is 12.1 Å². The minimum Gasteiger partial charge on any atom is -0.102 e. The molecule has 0 amide bonds. The fourth-order valence-corrected chi connectivity index (χ4v) is 0.711. The van der Waals surface area contributed by atoms with Crippen molar-refractivity contribution in [1.29, 1.82) is 0 Å². The molecular formula is C14H13Cl19. The third-order valence-corrected chi connectivity index (χ3v) is 3.29. The highest BCUT2D eigenvalue weighted by atomic mass is 35.6. The Kier molecular flexibility index (Phi) is 38.8. The summed E-state index contributed by atoms with van der Waals surface area (Å²) in [5.74, 6) is 0. The van der Waals surface area contributed by atoms with E-state index in [2.05, 4.69) is 0 Å². The van der Waals surface area contributed by atoms with E-state index in [4.69, 9.17) is 220 Å². The van der Waals surface area contributed by atoms with Crippen molar-refractivity contribution in [2.45, 2.75) is 38.7 Å². The first-order valence-corrected chi connectivity index (χ1v) is 14.5. The second-order valence-corrected chi connectivity index (χ2v) is 18.6. The molecule has 0 spiro atoms. The van der Waals surface area contributed by atoms with Gasteiger partial charge in [-0.1, -0.05) is 186 Å². The van der Waals surface area contributed by atoms with Crippen molar-refractivity contribution in [3.8, 4) is 0 Å². The lowest BCUT2D eigenvalue weighted by Gasteiger charge is -1.95. The first-order valence-electron chi connectivity index (χ1n) is 6.96. The molecule has 0 radical (unpaired) electrons. The molecule has 19 heteroatoms. The van der Waals surface area contributed by atoms with Gasteiger partial charge in [0.1, 0.15) is 9.67 Å². The molecule has 0 aliphatic rings. The third-order valence-electron chi connectivity index (χ3n) is 1.01. The van der Waals surface area contributed by atoms with E-state index in [9.17, 15) is 0 Å². The Morgan fingerprint density at radius 3 is 0.697 bits per heavy atom. The van der Waals surface area contributed by atoms with Gasteiger partial charge in [-0.25, -0.2) is 0 Å². The predicted octanol–water partition coefficient (Wildman–Crippen LogP) is 14.9. The van der Waals surface area contributed by atoms with Gasteiger partial charge in [0.05, 0.1) is 10.0 Å². The highest BCUT2D eigenvalue weighted by Gasteiger charge is 2.11. The van der Waals surface area contributed by atoms with Gasteiger partial charge >= 0.3 is 0 Å². The van der Waals surface area contributed by atoms with Gasteiger partial charge in [-0.05, 0) is 26.0 Å². The van der Waals surface area contributed by atoms with Crippen molar-refractivity contribution in [2.24, 2.45) is 0 Å². The van der Waals surface area contributed by atoms with Crippen LogP contribution in [0.25, 0.3) is 0 Å². The summed E-state index contributed by atoms with van der Waals surface area (Å²) in [6.45, 7) is 2.97. The SMILES string of the molecule is CC(Cl)(Cl)Cl.CC(Cl)(Cl)Cl.ClC(Cl)(Cl)Cl.ClC(Cl)C(Cl)Cl.ClC(Cl)Cl.Clc1ccccc1Cl. The fraction of sp³-hybridized carbons (Fsp3) is 0.571. The van der Waals surface area contributed by atoms with Crippen LogP contribution in [0, 0.1) is 0 Å². The van der Waals surface area contributed by atoms with Gasteiger partial charge in [0.25, 0.3) is 3.25 Å². The molecule has 1 rings (SSSR count). The summed E-state index contributed by atoms with van der Waals surface area (Å²) in [6, 6.07) is 7.19. The number of alkyl halides is 17. The van der Waals surface area contributed by atoms with Crippen molar-refractivity contribution in [1.82, 2.24) is 0 Å². The summed E-state index contributed by atoms with van der Waals surface area (Å²) in [7, 11) is 0. The second kappa shape index (κ2) is 26.9. The number of rotatable bonds is 1. The van der Waals surface area contributed by atoms with Crippen LogP contribution in [0.15, 0.2) is 24.3 Å². The standard InChI is InChI=1S/C6H4Cl2.C2H2Cl4.2C2H3Cl3.CCl4.CHCl3/c7-5-3-1-2-4-6(5)8;3-1(4)2(5)6;2*1-2(3,4)5;2-1(3,4)5;2-1(3)4/h1-4H;1-2H;2*1H3;;1H. The van der Waals surface area contributed by atoms with E-state index in [1.807, 2.05) is 12.1 Å². The van der Waals surface area contributed by atoms with Crippen LogP contribution in [0.2, 0.25) is 10.0 Å². The lowest BCUT2D eigenvalue weighted by Crippen LogP contribution is -1.96. The maximum absolute atomic E-state index is 5.58. The van der Waals surface area contributed by atoms with Crippen LogP contribution >= 0.6 is 220 Å². The van der Waals surface area contributed by atoms with Gasteiger partial charge in [0, 0.05) is 0 Å². The van der Waals surface area contributed by atoms with E-state index in [0.717, 1.165) is 0 Å². The Labute approximate surface area is 289 Å². The van der Waals surface area contributed by atoms with Gasteiger partial charge in [0.2, 0.25) is 0 Å². The second-order valence-electron chi connectivity index (χ2n) is 4.32. The summed E-state index contributed by atoms with van der Waals surface area (Å²) in [5.41, 5.74) is 0. The fourth-order valence-electron chi connectivity index (χ4n) is 0.439. The third kappa shape index (κ3) is 114. The summed E-state index contributed by atoms with van der Waals surface area (Å²) in [4.78, 5) is -1.35. The van der Waals surface area contributed by atoms with Crippen LogP contribution < -0.4 is 0 Å². The maximum Gasteiger partial charge on any atom is 0.266 e. The molecule has 0 aliphatic heterocycles. The Morgan fingerprint density at radius 2 is 0.636 bits per heavy atom. The molecule has 0 aliphatic carbocycles. The monoisotopic (exact) mass is 846 g/mol. The van der Waals surface area contributed by atoms with Gasteiger partial charge in [-0.2, -0.15) is 0 Å². The van der Waals surface area contributed by atoms with Gasteiger partial charge in [-0.3, -0.25) is 0 Å². The zero-order chi connectivity index (χ0) is 28.2. The lowest BCUT2D eigenvalue weighted by atomic mass is 10.4. The average Bonchev–Trinajstić information content (AvgIpc) is 2.45. The topological polar surface area (TPSA) is 0 Å². The molecular weight excluding hydrogens is 842 g/mol. The van der Waals surface area contributed by atoms with E-state index in [-0.39, 0.29) is 0 Å². The van der Waals surface area contributed by atoms with Crippen LogP contribution in [-0.2, 0) is 0 Å². The van der Waals surface area contributed by atoms with Crippen molar-refractivity contribution >= 4 is 220 Å². The number of hydrogen-bond donors (Lipinski definition) is 0. The van der Waals surface area contributed by atoms with Crippen LogP contribution in [0.4, 0.5) is 0 Å². The maximum atomic E-state index is 5.58. The van der Waals surface area contributed by atoms with Crippen molar-refractivity contribution < 1.29 is 0 Å². The zero-order valence-corrected chi connectivity index (χ0v) is 30.1. The minimum atomic E-state index is -1.61. The van der Waals surface area contributed by atoms with Crippen LogP contribution in [0.5, 0.6) is 0 Å². The highest BCUT2D eigenvalue weighted by Crippen LogP contribution is 2.30. The number of benzene rings is 1. The minimum absolute atomic E-state index is 0.606. The molecule has 0 N–H and O–H groups in total. The number of halogens is 19. The summed E-state index contributed by atoms with van der Waals surface area (Å²) in [5, 5.41) is 1.21. The molecule has 0 atom stereocenters. The van der Waals surface area contributed by atoms with Crippen molar-refractivity contribution in [2.75, 3.05) is 0 Å². The van der Waals surface area contributed by atoms with Crippen LogP contribution in [0.3, 0.4) is 0 Å². The molecule has 202 valence electrons. The van der Waals surface area contributed by atoms with Gasteiger partial charge in [0.15, 0.2) is 11.9 Å². The molecule has 0 fully saturated rings. The van der Waals surface area contributed by atoms with E-state index >= 15 is 0 Å². The number of hydrogen-bond acceptors (Lipinski definition) is 0. The molecule has 0 bridgehead atoms. The van der Waals surface area contributed by atoms with Crippen LogP contribution in [0.1, 0.15) is 13.8 Å². The van der Waals surface area contributed by atoms with E-state index < -0.39 is 24.8 Å². The normalized spacial score (nSPS) is 10.8. The molecule has 0 saturated heterocycles. The average molecular weight is 855 g/mol. The molecule has 1 aromatic rings.